The van der Waals surface area contributed by atoms with Crippen LogP contribution in [0.2, 0.25) is 0 Å². The largest absolute Gasteiger partial charge is 0.481 e. The Morgan fingerprint density at radius 3 is 2.28 bits per heavy atom. The minimum absolute atomic E-state index is 0.262. The Morgan fingerprint density at radius 2 is 1.62 bits per heavy atom. The standard InChI is InChI=1S/C19H13F2N3O5/c20-12-3-1-2-11(16(12)21)15-17(19(29)24-18(15)28)23-10-6-4-9(5-7-10)22-13(25)8-14(26)27/h1-7H,8H2,(H,22,25)(H,26,27)(H2,23,24,28,29). The lowest BCUT2D eigenvalue weighted by Gasteiger charge is -2.10. The van der Waals surface area contributed by atoms with E-state index in [0.717, 1.165) is 6.07 Å². The first-order valence-corrected chi connectivity index (χ1v) is 8.19. The van der Waals surface area contributed by atoms with Gasteiger partial charge < -0.3 is 15.7 Å². The highest BCUT2D eigenvalue weighted by molar-refractivity contribution is 6.36. The summed E-state index contributed by atoms with van der Waals surface area (Å²) in [4.78, 5) is 46.2. The molecule has 0 saturated carbocycles. The van der Waals surface area contributed by atoms with Gasteiger partial charge in [0.15, 0.2) is 11.6 Å². The van der Waals surface area contributed by atoms with E-state index in [9.17, 15) is 28.0 Å². The van der Waals surface area contributed by atoms with Gasteiger partial charge in [0.25, 0.3) is 11.8 Å². The molecule has 2 aromatic carbocycles. The molecule has 4 N–H and O–H groups in total. The van der Waals surface area contributed by atoms with Gasteiger partial charge in [0, 0.05) is 16.9 Å². The topological polar surface area (TPSA) is 125 Å². The predicted molar refractivity (Wildman–Crippen MR) is 97.4 cm³/mol. The number of benzene rings is 2. The van der Waals surface area contributed by atoms with E-state index in [0.29, 0.717) is 11.4 Å². The van der Waals surface area contributed by atoms with Crippen LogP contribution in [0.5, 0.6) is 0 Å². The number of anilines is 2. The fraction of sp³-hybridized carbons (Fsp3) is 0.0526. The van der Waals surface area contributed by atoms with Crippen LogP contribution in [0.3, 0.4) is 0 Å². The van der Waals surface area contributed by atoms with Crippen molar-refractivity contribution in [2.45, 2.75) is 6.42 Å². The number of rotatable bonds is 6. The Hall–Kier alpha value is -4.08. The number of halogens is 2. The van der Waals surface area contributed by atoms with Crippen molar-refractivity contribution >= 4 is 40.6 Å². The molecule has 0 aromatic heterocycles. The van der Waals surface area contributed by atoms with E-state index in [-0.39, 0.29) is 16.8 Å². The molecule has 10 heteroatoms. The lowest BCUT2D eigenvalue weighted by molar-refractivity contribution is -0.139. The van der Waals surface area contributed by atoms with Gasteiger partial charge in [-0.15, -0.1) is 0 Å². The Morgan fingerprint density at radius 1 is 0.966 bits per heavy atom. The van der Waals surface area contributed by atoms with Crippen LogP contribution in [0.1, 0.15) is 12.0 Å². The SMILES string of the molecule is O=C(O)CC(=O)Nc1ccc(NC2=C(c3cccc(F)c3F)C(=O)NC2=O)cc1. The maximum atomic E-state index is 14.1. The summed E-state index contributed by atoms with van der Waals surface area (Å²) in [6.07, 6.45) is -0.697. The van der Waals surface area contributed by atoms with Crippen molar-refractivity contribution in [3.63, 3.8) is 0 Å². The third kappa shape index (κ3) is 4.26. The predicted octanol–water partition coefficient (Wildman–Crippen LogP) is 1.86. The highest BCUT2D eigenvalue weighted by Gasteiger charge is 2.33. The number of nitrogens with one attached hydrogen (secondary N) is 3. The van der Waals surface area contributed by atoms with E-state index in [1.165, 1.54) is 36.4 Å². The zero-order valence-corrected chi connectivity index (χ0v) is 14.6. The fourth-order valence-electron chi connectivity index (χ4n) is 2.65. The van der Waals surface area contributed by atoms with Crippen molar-refractivity contribution < 1.29 is 33.1 Å². The van der Waals surface area contributed by atoms with Gasteiger partial charge in [-0.1, -0.05) is 12.1 Å². The van der Waals surface area contributed by atoms with Crippen molar-refractivity contribution in [3.8, 4) is 0 Å². The molecule has 0 fully saturated rings. The zero-order chi connectivity index (χ0) is 21.1. The van der Waals surface area contributed by atoms with E-state index in [2.05, 4.69) is 10.6 Å². The van der Waals surface area contributed by atoms with Crippen molar-refractivity contribution in [2.24, 2.45) is 0 Å². The molecule has 1 heterocycles. The average Bonchev–Trinajstić information content (AvgIpc) is 2.92. The van der Waals surface area contributed by atoms with Gasteiger partial charge in [-0.2, -0.15) is 0 Å². The van der Waals surface area contributed by atoms with Gasteiger partial charge >= 0.3 is 5.97 Å². The number of amides is 3. The summed E-state index contributed by atoms with van der Waals surface area (Å²) in [6, 6.07) is 9.02. The van der Waals surface area contributed by atoms with E-state index in [4.69, 9.17) is 5.11 Å². The van der Waals surface area contributed by atoms with Crippen molar-refractivity contribution in [1.82, 2.24) is 5.32 Å². The molecule has 0 unspecified atom stereocenters. The van der Waals surface area contributed by atoms with Gasteiger partial charge in [0.05, 0.1) is 5.57 Å². The van der Waals surface area contributed by atoms with Crippen molar-refractivity contribution in [3.05, 3.63) is 65.4 Å². The number of imide groups is 1. The Balaban J connectivity index is 1.87. The molecule has 1 aliphatic rings. The summed E-state index contributed by atoms with van der Waals surface area (Å²) in [5, 5.41) is 15.7. The Kier molecular flexibility index (Phi) is 5.35. The lowest BCUT2D eigenvalue weighted by Crippen LogP contribution is -2.24. The first-order valence-electron chi connectivity index (χ1n) is 8.19. The minimum Gasteiger partial charge on any atom is -0.481 e. The molecule has 0 radical (unpaired) electrons. The second-order valence-electron chi connectivity index (χ2n) is 5.96. The Labute approximate surface area is 162 Å². The molecule has 1 aliphatic heterocycles. The van der Waals surface area contributed by atoms with Crippen LogP contribution >= 0.6 is 0 Å². The molecule has 2 aromatic rings. The maximum Gasteiger partial charge on any atom is 0.312 e. The van der Waals surface area contributed by atoms with Crippen LogP contribution in [0.25, 0.3) is 5.57 Å². The minimum atomic E-state index is -1.28. The van der Waals surface area contributed by atoms with Gasteiger partial charge in [-0.05, 0) is 30.3 Å². The molecule has 0 aliphatic carbocycles. The molecule has 3 rings (SSSR count). The van der Waals surface area contributed by atoms with E-state index in [1.807, 2.05) is 5.32 Å². The quantitative estimate of drug-likeness (QED) is 0.433. The summed E-state index contributed by atoms with van der Waals surface area (Å²) >= 11 is 0. The molecule has 0 bridgehead atoms. The lowest BCUT2D eigenvalue weighted by atomic mass is 10.0. The molecule has 8 nitrogen and oxygen atoms in total. The fourth-order valence-corrected chi connectivity index (χ4v) is 2.65. The van der Waals surface area contributed by atoms with Crippen LogP contribution in [-0.4, -0.2) is 28.8 Å². The number of carboxylic acids is 1. The molecule has 0 saturated heterocycles. The smallest absolute Gasteiger partial charge is 0.312 e. The second kappa shape index (κ2) is 7.89. The monoisotopic (exact) mass is 401 g/mol. The van der Waals surface area contributed by atoms with Gasteiger partial charge in [-0.3, -0.25) is 24.5 Å². The molecule has 3 amide bonds. The highest BCUT2D eigenvalue weighted by atomic mass is 19.2. The zero-order valence-electron chi connectivity index (χ0n) is 14.6. The molecule has 0 atom stereocenters. The highest BCUT2D eigenvalue weighted by Crippen LogP contribution is 2.28. The average molecular weight is 401 g/mol. The van der Waals surface area contributed by atoms with Crippen LogP contribution in [0, 0.1) is 11.6 Å². The van der Waals surface area contributed by atoms with E-state index >= 15 is 0 Å². The van der Waals surface area contributed by atoms with Gasteiger partial charge in [-0.25, -0.2) is 8.78 Å². The maximum absolute atomic E-state index is 14.1. The number of carboxylic acid groups (broad SMARTS) is 1. The van der Waals surface area contributed by atoms with Gasteiger partial charge in [0.1, 0.15) is 12.1 Å². The summed E-state index contributed by atoms with van der Waals surface area (Å²) in [7, 11) is 0. The number of hydrogen-bond donors (Lipinski definition) is 4. The molecule has 29 heavy (non-hydrogen) atoms. The second-order valence-corrected chi connectivity index (χ2v) is 5.96. The van der Waals surface area contributed by atoms with Crippen molar-refractivity contribution in [1.29, 1.82) is 0 Å². The van der Waals surface area contributed by atoms with Crippen LogP contribution in [-0.2, 0) is 19.2 Å². The molecule has 0 spiro atoms. The Bertz CT molecular complexity index is 1060. The van der Waals surface area contributed by atoms with Gasteiger partial charge in [0.2, 0.25) is 5.91 Å². The number of hydrogen-bond acceptors (Lipinski definition) is 5. The molecule has 148 valence electrons. The third-order valence-corrected chi connectivity index (χ3v) is 3.90. The molecular weight excluding hydrogens is 388 g/mol. The van der Waals surface area contributed by atoms with E-state index in [1.54, 1.807) is 0 Å². The third-order valence-electron chi connectivity index (χ3n) is 3.90. The van der Waals surface area contributed by atoms with Crippen LogP contribution in [0.4, 0.5) is 20.2 Å². The first-order chi connectivity index (χ1) is 13.8. The van der Waals surface area contributed by atoms with Crippen molar-refractivity contribution in [2.75, 3.05) is 10.6 Å². The first kappa shape index (κ1) is 19.7. The normalized spacial score (nSPS) is 13.3. The summed E-state index contributed by atoms with van der Waals surface area (Å²) in [5.41, 5.74) is -0.351. The number of carbonyl (C=O) groups excluding carboxylic acids is 3. The van der Waals surface area contributed by atoms with Crippen LogP contribution < -0.4 is 16.0 Å². The summed E-state index contributed by atoms with van der Waals surface area (Å²) in [6.45, 7) is 0. The summed E-state index contributed by atoms with van der Waals surface area (Å²) in [5.74, 6) is -6.11. The summed E-state index contributed by atoms with van der Waals surface area (Å²) < 4.78 is 27.7. The molecular formula is C19H13F2N3O5. The van der Waals surface area contributed by atoms with E-state index < -0.39 is 41.7 Å². The number of carbonyl (C=O) groups is 4. The van der Waals surface area contributed by atoms with Crippen LogP contribution in [0.15, 0.2) is 48.2 Å². The number of aliphatic carboxylic acids is 1.